The van der Waals surface area contributed by atoms with E-state index in [2.05, 4.69) is 20.3 Å². The molecule has 0 aliphatic carbocycles. The van der Waals surface area contributed by atoms with Crippen LogP contribution in [-0.2, 0) is 11.2 Å². The van der Waals surface area contributed by atoms with Gasteiger partial charge >= 0.3 is 5.97 Å². The third-order valence-corrected chi connectivity index (χ3v) is 4.43. The monoisotopic (exact) mass is 398 g/mol. The highest BCUT2D eigenvalue weighted by Gasteiger charge is 2.28. The standard InChI is InChI=1S/C20H22N4O5/c1-10(2)8-14-17(25)24-16(19(22-14)29-3)18(26)23-15(20(27)28)12-9-21-13-7-5-4-6-11(12)13/h4-7,9-10,15,21H,8H2,1-3H3,(H,23,26)(H,24,25)(H,27,28). The highest BCUT2D eigenvalue weighted by atomic mass is 16.5. The van der Waals surface area contributed by atoms with Crippen molar-refractivity contribution in [2.24, 2.45) is 5.92 Å². The van der Waals surface area contributed by atoms with Crippen LogP contribution in [0.5, 0.6) is 5.88 Å². The lowest BCUT2D eigenvalue weighted by Crippen LogP contribution is -2.36. The summed E-state index contributed by atoms with van der Waals surface area (Å²) in [4.78, 5) is 46.5. The smallest absolute Gasteiger partial charge is 0.331 e. The van der Waals surface area contributed by atoms with E-state index < -0.39 is 23.5 Å². The Balaban J connectivity index is 1.96. The number of hydrogen-bond acceptors (Lipinski definition) is 5. The summed E-state index contributed by atoms with van der Waals surface area (Å²) in [5.41, 5.74) is 0.653. The Bertz CT molecular complexity index is 1120. The zero-order valence-corrected chi connectivity index (χ0v) is 16.3. The van der Waals surface area contributed by atoms with Crippen LogP contribution in [-0.4, -0.2) is 39.0 Å². The Morgan fingerprint density at radius 1 is 1.28 bits per heavy atom. The summed E-state index contributed by atoms with van der Waals surface area (Å²) in [6, 6.07) is 5.82. The van der Waals surface area contributed by atoms with E-state index in [0.29, 0.717) is 17.4 Å². The zero-order valence-electron chi connectivity index (χ0n) is 16.3. The third-order valence-electron chi connectivity index (χ3n) is 4.43. The lowest BCUT2D eigenvalue weighted by molar-refractivity contribution is -0.139. The number of methoxy groups -OCH3 is 1. The maximum atomic E-state index is 12.8. The van der Waals surface area contributed by atoms with E-state index in [-0.39, 0.29) is 23.2 Å². The first kappa shape index (κ1) is 20.1. The number of carboxylic acid groups (broad SMARTS) is 1. The molecule has 0 saturated heterocycles. The highest BCUT2D eigenvalue weighted by Crippen LogP contribution is 2.25. The summed E-state index contributed by atoms with van der Waals surface area (Å²) in [5.74, 6) is -1.93. The number of carboxylic acids is 1. The number of aliphatic carboxylic acids is 1. The number of benzene rings is 1. The number of ether oxygens (including phenoxy) is 1. The number of aromatic amines is 2. The molecule has 1 aromatic carbocycles. The number of carbonyl (C=O) groups is 2. The molecule has 152 valence electrons. The number of H-pyrrole nitrogens is 2. The Morgan fingerprint density at radius 3 is 2.66 bits per heavy atom. The second kappa shape index (κ2) is 8.17. The van der Waals surface area contributed by atoms with E-state index in [0.717, 1.165) is 5.52 Å². The first-order chi connectivity index (χ1) is 13.8. The number of amides is 1. The van der Waals surface area contributed by atoms with Crippen molar-refractivity contribution < 1.29 is 19.4 Å². The molecule has 0 bridgehead atoms. The summed E-state index contributed by atoms with van der Waals surface area (Å²) in [7, 11) is 1.32. The third kappa shape index (κ3) is 4.13. The number of para-hydroxylation sites is 1. The van der Waals surface area contributed by atoms with Crippen LogP contribution in [0.15, 0.2) is 35.3 Å². The minimum Gasteiger partial charge on any atom is -0.479 e. The quantitative estimate of drug-likeness (QED) is 0.480. The van der Waals surface area contributed by atoms with Gasteiger partial charge in [-0.15, -0.1) is 0 Å². The summed E-state index contributed by atoms with van der Waals surface area (Å²) in [6.07, 6.45) is 1.95. The van der Waals surface area contributed by atoms with Gasteiger partial charge in [-0.3, -0.25) is 9.59 Å². The maximum Gasteiger partial charge on any atom is 0.331 e. The molecule has 0 spiro atoms. The predicted molar refractivity (Wildman–Crippen MR) is 106 cm³/mol. The molecule has 0 radical (unpaired) electrons. The molecular weight excluding hydrogens is 376 g/mol. The van der Waals surface area contributed by atoms with Gasteiger partial charge in [0.15, 0.2) is 11.7 Å². The number of hydrogen-bond donors (Lipinski definition) is 4. The van der Waals surface area contributed by atoms with Gasteiger partial charge < -0.3 is 25.1 Å². The number of nitrogens with zero attached hydrogens (tertiary/aromatic N) is 1. The topological polar surface area (TPSA) is 137 Å². The average Bonchev–Trinajstić information content (AvgIpc) is 3.10. The van der Waals surface area contributed by atoms with Crippen molar-refractivity contribution in [1.82, 2.24) is 20.3 Å². The molecule has 1 amide bonds. The van der Waals surface area contributed by atoms with Crippen molar-refractivity contribution in [3.8, 4) is 5.88 Å². The van der Waals surface area contributed by atoms with Gasteiger partial charge in [-0.1, -0.05) is 32.0 Å². The first-order valence-corrected chi connectivity index (χ1v) is 9.08. The molecule has 0 fully saturated rings. The molecular formula is C20H22N4O5. The number of carbonyl (C=O) groups excluding carboxylic acids is 1. The second-order valence-electron chi connectivity index (χ2n) is 7.03. The fraction of sp³-hybridized carbons (Fsp3) is 0.300. The number of aromatic nitrogens is 3. The summed E-state index contributed by atoms with van der Waals surface area (Å²) < 4.78 is 5.15. The van der Waals surface area contributed by atoms with Crippen molar-refractivity contribution in [1.29, 1.82) is 0 Å². The number of rotatable bonds is 7. The van der Waals surface area contributed by atoms with Gasteiger partial charge in [-0.25, -0.2) is 9.78 Å². The van der Waals surface area contributed by atoms with E-state index in [4.69, 9.17) is 4.74 Å². The number of fused-ring (bicyclic) bond motifs is 1. The molecule has 2 heterocycles. The predicted octanol–water partition coefficient (Wildman–Crippen LogP) is 2.01. The van der Waals surface area contributed by atoms with Gasteiger partial charge in [0.1, 0.15) is 5.69 Å². The Labute approximate surface area is 166 Å². The van der Waals surface area contributed by atoms with Crippen LogP contribution in [0.2, 0.25) is 0 Å². The van der Waals surface area contributed by atoms with E-state index in [1.807, 2.05) is 19.9 Å². The fourth-order valence-corrected chi connectivity index (χ4v) is 3.10. The largest absolute Gasteiger partial charge is 0.479 e. The summed E-state index contributed by atoms with van der Waals surface area (Å²) in [6.45, 7) is 3.87. The summed E-state index contributed by atoms with van der Waals surface area (Å²) in [5, 5.41) is 12.8. The van der Waals surface area contributed by atoms with Crippen molar-refractivity contribution in [2.45, 2.75) is 26.3 Å². The van der Waals surface area contributed by atoms with Crippen LogP contribution in [0.4, 0.5) is 0 Å². The average molecular weight is 398 g/mol. The van der Waals surface area contributed by atoms with Gasteiger partial charge in [0, 0.05) is 22.7 Å². The first-order valence-electron chi connectivity index (χ1n) is 9.08. The van der Waals surface area contributed by atoms with Crippen LogP contribution in [0.25, 0.3) is 10.9 Å². The van der Waals surface area contributed by atoms with Crippen molar-refractivity contribution in [3.05, 3.63) is 57.8 Å². The molecule has 0 saturated carbocycles. The number of nitrogens with one attached hydrogen (secondary N) is 3. The van der Waals surface area contributed by atoms with Gasteiger partial charge in [0.25, 0.3) is 11.5 Å². The minimum absolute atomic E-state index is 0.0687. The van der Waals surface area contributed by atoms with Crippen LogP contribution >= 0.6 is 0 Å². The van der Waals surface area contributed by atoms with Crippen LogP contribution < -0.4 is 15.6 Å². The lowest BCUT2D eigenvalue weighted by atomic mass is 10.1. The normalized spacial score (nSPS) is 12.1. The van der Waals surface area contributed by atoms with Crippen LogP contribution in [0, 0.1) is 5.92 Å². The molecule has 4 N–H and O–H groups in total. The van der Waals surface area contributed by atoms with Gasteiger partial charge in [0.05, 0.1) is 7.11 Å². The Morgan fingerprint density at radius 2 is 2.00 bits per heavy atom. The van der Waals surface area contributed by atoms with Gasteiger partial charge in [-0.05, 0) is 18.4 Å². The van der Waals surface area contributed by atoms with Gasteiger partial charge in [0.2, 0.25) is 5.88 Å². The zero-order chi connectivity index (χ0) is 21.1. The maximum absolute atomic E-state index is 12.8. The van der Waals surface area contributed by atoms with Crippen molar-refractivity contribution in [2.75, 3.05) is 7.11 Å². The molecule has 0 aliphatic rings. The molecule has 9 nitrogen and oxygen atoms in total. The molecule has 1 atom stereocenters. The molecule has 1 unspecified atom stereocenters. The van der Waals surface area contributed by atoms with E-state index >= 15 is 0 Å². The molecule has 0 aliphatic heterocycles. The summed E-state index contributed by atoms with van der Waals surface area (Å²) >= 11 is 0. The molecule has 3 aromatic rings. The molecule has 3 rings (SSSR count). The fourth-order valence-electron chi connectivity index (χ4n) is 3.10. The van der Waals surface area contributed by atoms with E-state index in [9.17, 15) is 19.5 Å². The molecule has 29 heavy (non-hydrogen) atoms. The molecule has 9 heteroatoms. The minimum atomic E-state index is -1.33. The van der Waals surface area contributed by atoms with E-state index in [1.165, 1.54) is 13.3 Å². The Hall–Kier alpha value is -3.62. The lowest BCUT2D eigenvalue weighted by Gasteiger charge is -2.15. The van der Waals surface area contributed by atoms with Crippen LogP contribution in [0.1, 0.15) is 41.6 Å². The molecule has 2 aromatic heterocycles. The van der Waals surface area contributed by atoms with E-state index in [1.54, 1.807) is 18.2 Å². The van der Waals surface area contributed by atoms with Crippen molar-refractivity contribution in [3.63, 3.8) is 0 Å². The highest BCUT2D eigenvalue weighted by molar-refractivity contribution is 5.98. The SMILES string of the molecule is COc1nc(CC(C)C)c(=O)[nH]c1C(=O)NC(C(=O)O)c1c[nH]c2ccccc12. The van der Waals surface area contributed by atoms with Crippen molar-refractivity contribution >= 4 is 22.8 Å². The van der Waals surface area contributed by atoms with Crippen LogP contribution in [0.3, 0.4) is 0 Å². The Kier molecular flexibility index (Phi) is 5.67. The van der Waals surface area contributed by atoms with Gasteiger partial charge in [-0.2, -0.15) is 0 Å². The second-order valence-corrected chi connectivity index (χ2v) is 7.03.